The van der Waals surface area contributed by atoms with E-state index in [0.29, 0.717) is 24.8 Å². The fourth-order valence-electron chi connectivity index (χ4n) is 2.81. The van der Waals surface area contributed by atoms with Crippen LogP contribution in [0.3, 0.4) is 0 Å². The van der Waals surface area contributed by atoms with Crippen molar-refractivity contribution in [1.82, 2.24) is 5.32 Å². The van der Waals surface area contributed by atoms with Gasteiger partial charge in [-0.2, -0.15) is 0 Å². The fourth-order valence-corrected chi connectivity index (χ4v) is 2.81. The summed E-state index contributed by atoms with van der Waals surface area (Å²) in [4.78, 5) is 0. The Morgan fingerprint density at radius 2 is 2.18 bits per heavy atom. The first kappa shape index (κ1) is 10.9. The Morgan fingerprint density at radius 1 is 1.29 bits per heavy atom. The quantitative estimate of drug-likeness (QED) is 0.695. The van der Waals surface area contributed by atoms with Crippen LogP contribution in [-0.4, -0.2) is 28.5 Å². The first-order valence-corrected chi connectivity index (χ1v) is 6.12. The van der Waals surface area contributed by atoms with Crippen molar-refractivity contribution in [2.24, 2.45) is 0 Å². The maximum Gasteiger partial charge on any atom is 0.161 e. The molecule has 1 aromatic carbocycles. The molecular weight excluding hydrogens is 218 g/mol. The molecule has 2 saturated heterocycles. The lowest BCUT2D eigenvalue weighted by Gasteiger charge is -2.20. The van der Waals surface area contributed by atoms with E-state index in [0.717, 1.165) is 18.4 Å². The summed E-state index contributed by atoms with van der Waals surface area (Å²) in [6.45, 7) is 0.567. The second-order valence-corrected chi connectivity index (χ2v) is 4.88. The number of rotatable bonds is 3. The molecule has 0 spiro atoms. The largest absolute Gasteiger partial charge is 0.504 e. The van der Waals surface area contributed by atoms with Gasteiger partial charge in [-0.15, -0.1) is 0 Å². The van der Waals surface area contributed by atoms with Gasteiger partial charge in [0.1, 0.15) is 0 Å². The van der Waals surface area contributed by atoms with E-state index in [-0.39, 0.29) is 11.5 Å². The molecule has 0 saturated carbocycles. The summed E-state index contributed by atoms with van der Waals surface area (Å²) in [5, 5.41) is 22.5. The lowest BCUT2D eigenvalue weighted by Crippen LogP contribution is -2.36. The lowest BCUT2D eigenvalue weighted by atomic mass is 9.95. The van der Waals surface area contributed by atoms with Gasteiger partial charge >= 0.3 is 0 Å². The van der Waals surface area contributed by atoms with Crippen LogP contribution in [0.1, 0.15) is 24.8 Å². The minimum absolute atomic E-state index is 0.0240. The predicted octanol–water partition coefficient (Wildman–Crippen LogP) is 1.51. The van der Waals surface area contributed by atoms with Crippen LogP contribution in [0, 0.1) is 0 Å². The van der Waals surface area contributed by atoms with Gasteiger partial charge in [0.15, 0.2) is 11.5 Å². The average molecular weight is 235 g/mol. The van der Waals surface area contributed by atoms with Crippen molar-refractivity contribution >= 4 is 0 Å². The molecule has 3 rings (SSSR count). The number of ether oxygens (including phenoxy) is 1. The zero-order valence-corrected chi connectivity index (χ0v) is 9.60. The molecular formula is C13H17NO3. The van der Waals surface area contributed by atoms with Gasteiger partial charge in [-0.1, -0.05) is 12.1 Å². The third-order valence-corrected chi connectivity index (χ3v) is 3.76. The van der Waals surface area contributed by atoms with Crippen LogP contribution in [0.2, 0.25) is 0 Å². The predicted molar refractivity (Wildman–Crippen MR) is 62.9 cm³/mol. The number of fused-ring (bicyclic) bond motifs is 2. The van der Waals surface area contributed by atoms with E-state index >= 15 is 0 Å². The Kier molecular flexibility index (Phi) is 2.68. The molecule has 4 heteroatoms. The van der Waals surface area contributed by atoms with Gasteiger partial charge in [0, 0.05) is 18.2 Å². The van der Waals surface area contributed by atoms with E-state index in [2.05, 4.69) is 5.32 Å². The Bertz CT molecular complexity index is 421. The normalized spacial score (nSPS) is 30.9. The average Bonchev–Trinajstić information content (AvgIpc) is 2.93. The Morgan fingerprint density at radius 3 is 2.88 bits per heavy atom. The molecule has 0 amide bonds. The van der Waals surface area contributed by atoms with Crippen molar-refractivity contribution in [2.75, 3.05) is 0 Å². The number of aromatic hydroxyl groups is 2. The third-order valence-electron chi connectivity index (χ3n) is 3.76. The number of para-hydroxylation sites is 1. The summed E-state index contributed by atoms with van der Waals surface area (Å²) in [6, 6.07) is 5.43. The van der Waals surface area contributed by atoms with Crippen LogP contribution >= 0.6 is 0 Å². The number of phenolic OH excluding ortho intramolecular Hbond substituents is 2. The molecule has 4 nitrogen and oxygen atoms in total. The topological polar surface area (TPSA) is 61.7 Å². The van der Waals surface area contributed by atoms with Crippen LogP contribution < -0.4 is 5.32 Å². The van der Waals surface area contributed by atoms with Crippen molar-refractivity contribution < 1.29 is 14.9 Å². The minimum atomic E-state index is -0.0616. The number of nitrogens with one attached hydrogen (secondary N) is 1. The molecule has 2 fully saturated rings. The highest BCUT2D eigenvalue weighted by Gasteiger charge is 2.40. The van der Waals surface area contributed by atoms with E-state index in [1.165, 1.54) is 12.5 Å². The summed E-state index contributed by atoms with van der Waals surface area (Å²) in [6.07, 6.45) is 4.13. The van der Waals surface area contributed by atoms with Gasteiger partial charge in [0.05, 0.1) is 12.2 Å². The second-order valence-electron chi connectivity index (χ2n) is 4.88. The number of hydrogen-bond acceptors (Lipinski definition) is 4. The maximum atomic E-state index is 9.68. The Labute approximate surface area is 100 Å². The highest BCUT2D eigenvalue weighted by Crippen LogP contribution is 2.35. The van der Waals surface area contributed by atoms with Crippen LogP contribution in [0.5, 0.6) is 11.5 Å². The van der Waals surface area contributed by atoms with Crippen molar-refractivity contribution in [3.63, 3.8) is 0 Å². The van der Waals surface area contributed by atoms with Gasteiger partial charge < -0.3 is 20.3 Å². The van der Waals surface area contributed by atoms with Crippen LogP contribution in [0.25, 0.3) is 0 Å². The van der Waals surface area contributed by atoms with Gasteiger partial charge in [-0.25, -0.2) is 0 Å². The summed E-state index contributed by atoms with van der Waals surface area (Å²) < 4.78 is 5.75. The molecule has 3 atom stereocenters. The molecule has 92 valence electrons. The van der Waals surface area contributed by atoms with Gasteiger partial charge in [-0.05, 0) is 25.3 Å². The van der Waals surface area contributed by atoms with Crippen molar-refractivity contribution in [3.05, 3.63) is 23.8 Å². The lowest BCUT2D eigenvalue weighted by molar-refractivity contribution is 0.0972. The highest BCUT2D eigenvalue weighted by molar-refractivity contribution is 5.44. The smallest absolute Gasteiger partial charge is 0.161 e. The van der Waals surface area contributed by atoms with E-state index in [1.807, 2.05) is 6.07 Å². The molecule has 3 N–H and O–H groups in total. The Hall–Kier alpha value is -1.26. The summed E-state index contributed by atoms with van der Waals surface area (Å²) >= 11 is 0. The zero-order valence-electron chi connectivity index (χ0n) is 9.60. The third kappa shape index (κ3) is 1.98. The molecule has 1 aromatic rings. The molecule has 3 unspecified atom stereocenters. The molecule has 2 heterocycles. The summed E-state index contributed by atoms with van der Waals surface area (Å²) in [7, 11) is 0. The molecule has 0 radical (unpaired) electrons. The number of phenols is 2. The number of benzene rings is 1. The van der Waals surface area contributed by atoms with Crippen molar-refractivity contribution in [3.8, 4) is 11.5 Å². The fraction of sp³-hybridized carbons (Fsp3) is 0.538. The second kappa shape index (κ2) is 4.20. The van der Waals surface area contributed by atoms with Crippen LogP contribution in [-0.2, 0) is 11.3 Å². The SMILES string of the molecule is Oc1cccc(CNC2CC3CCC2O3)c1O. The van der Waals surface area contributed by atoms with Gasteiger partial charge in [0.2, 0.25) is 0 Å². The van der Waals surface area contributed by atoms with E-state index < -0.39 is 0 Å². The van der Waals surface area contributed by atoms with Gasteiger partial charge in [-0.3, -0.25) is 0 Å². The summed E-state index contributed by atoms with van der Waals surface area (Å²) in [5.74, 6) is -0.0856. The van der Waals surface area contributed by atoms with Crippen molar-refractivity contribution in [1.29, 1.82) is 0 Å². The van der Waals surface area contributed by atoms with E-state index in [1.54, 1.807) is 6.07 Å². The monoisotopic (exact) mass is 235 g/mol. The van der Waals surface area contributed by atoms with Crippen LogP contribution in [0.15, 0.2) is 18.2 Å². The molecule has 0 aliphatic carbocycles. The molecule has 17 heavy (non-hydrogen) atoms. The van der Waals surface area contributed by atoms with E-state index in [4.69, 9.17) is 4.74 Å². The first-order chi connectivity index (χ1) is 8.24. The zero-order chi connectivity index (χ0) is 11.8. The van der Waals surface area contributed by atoms with Crippen molar-refractivity contribution in [2.45, 2.75) is 44.1 Å². The molecule has 2 bridgehead atoms. The van der Waals surface area contributed by atoms with Crippen LogP contribution in [0.4, 0.5) is 0 Å². The standard InChI is InChI=1S/C13H17NO3/c15-11-3-1-2-8(13(11)16)7-14-10-6-9-4-5-12(10)17-9/h1-3,9-10,12,14-16H,4-7H2. The molecule has 2 aliphatic rings. The van der Waals surface area contributed by atoms with E-state index in [9.17, 15) is 10.2 Å². The van der Waals surface area contributed by atoms with Gasteiger partial charge in [0.25, 0.3) is 0 Å². The highest BCUT2D eigenvalue weighted by atomic mass is 16.5. The number of hydrogen-bond donors (Lipinski definition) is 3. The molecule has 0 aromatic heterocycles. The first-order valence-electron chi connectivity index (χ1n) is 6.12. The minimum Gasteiger partial charge on any atom is -0.504 e. The molecule has 2 aliphatic heterocycles. The maximum absolute atomic E-state index is 9.68. The summed E-state index contributed by atoms with van der Waals surface area (Å²) in [5.41, 5.74) is 0.729. The Balaban J connectivity index is 1.62.